The minimum Gasteiger partial charge on any atom is -0.318 e. The van der Waals surface area contributed by atoms with Gasteiger partial charge in [0.15, 0.2) is 0 Å². The molecule has 0 amide bonds. The Hall–Kier alpha value is -1.21. The summed E-state index contributed by atoms with van der Waals surface area (Å²) in [7, 11) is 0. The molecule has 0 aliphatic rings. The van der Waals surface area contributed by atoms with Crippen molar-refractivity contribution < 1.29 is 0 Å². The van der Waals surface area contributed by atoms with Gasteiger partial charge in [0.05, 0.1) is 0 Å². The fraction of sp³-hybridized carbons (Fsp3) is 0.286. The molecule has 2 rings (SSSR count). The van der Waals surface area contributed by atoms with E-state index >= 15 is 0 Å². The first-order valence-corrected chi connectivity index (χ1v) is 5.95. The molecule has 16 heavy (non-hydrogen) atoms. The summed E-state index contributed by atoms with van der Waals surface area (Å²) in [5, 5.41) is 0.780. The normalized spacial score (nSPS) is 10.8. The number of aromatic nitrogens is 1. The molecule has 0 aliphatic carbocycles. The molecule has 0 aliphatic heterocycles. The van der Waals surface area contributed by atoms with Crippen LogP contribution in [-0.4, -0.2) is 4.57 Å². The summed E-state index contributed by atoms with van der Waals surface area (Å²) in [6.45, 7) is 6.50. The maximum atomic E-state index is 5.90. The highest BCUT2D eigenvalue weighted by Gasteiger charge is 2.08. The molecule has 0 unspecified atom stereocenters. The van der Waals surface area contributed by atoms with Crippen LogP contribution in [0.3, 0.4) is 0 Å². The molecule has 1 nitrogen and oxygen atoms in total. The van der Waals surface area contributed by atoms with Crippen LogP contribution in [0.2, 0.25) is 5.02 Å². The molecule has 1 aromatic carbocycles. The lowest BCUT2D eigenvalue weighted by Gasteiger charge is -2.09. The van der Waals surface area contributed by atoms with E-state index in [9.17, 15) is 0 Å². The lowest BCUT2D eigenvalue weighted by atomic mass is 10.2. The molecule has 0 N–H and O–H groups in total. The smallest absolute Gasteiger partial charge is 0.0456 e. The van der Waals surface area contributed by atoms with Gasteiger partial charge >= 0.3 is 0 Å². The van der Waals surface area contributed by atoms with E-state index in [1.54, 1.807) is 0 Å². The fourth-order valence-electron chi connectivity index (χ4n) is 2.17. The van der Waals surface area contributed by atoms with Crippen LogP contribution >= 0.6 is 11.6 Å². The number of aryl methyl sites for hydroxylation is 2. The number of halogens is 1. The van der Waals surface area contributed by atoms with E-state index < -0.39 is 0 Å². The van der Waals surface area contributed by atoms with Crippen molar-refractivity contribution in [3.8, 4) is 5.69 Å². The van der Waals surface area contributed by atoms with Crippen LogP contribution in [0.1, 0.15) is 23.9 Å². The van der Waals surface area contributed by atoms with E-state index in [1.165, 1.54) is 22.6 Å². The third kappa shape index (κ3) is 1.88. The first-order valence-electron chi connectivity index (χ1n) is 5.57. The molecular weight excluding hydrogens is 218 g/mol. The Bertz CT molecular complexity index is 494. The molecule has 2 heteroatoms. The van der Waals surface area contributed by atoms with Gasteiger partial charge in [-0.15, -0.1) is 0 Å². The zero-order valence-electron chi connectivity index (χ0n) is 9.92. The van der Waals surface area contributed by atoms with Crippen molar-refractivity contribution in [3.63, 3.8) is 0 Å². The van der Waals surface area contributed by atoms with Gasteiger partial charge in [0.2, 0.25) is 0 Å². The Morgan fingerprint density at radius 1 is 1.12 bits per heavy atom. The molecule has 2 aromatic rings. The van der Waals surface area contributed by atoms with Crippen LogP contribution in [0, 0.1) is 13.8 Å². The zero-order chi connectivity index (χ0) is 11.7. The number of nitrogens with zero attached hydrogens (tertiary/aromatic N) is 1. The second kappa shape index (κ2) is 4.34. The van der Waals surface area contributed by atoms with Crippen LogP contribution in [0.15, 0.2) is 30.3 Å². The van der Waals surface area contributed by atoms with Gasteiger partial charge in [0.1, 0.15) is 0 Å². The van der Waals surface area contributed by atoms with Gasteiger partial charge in [-0.2, -0.15) is 0 Å². The monoisotopic (exact) mass is 233 g/mol. The molecule has 0 saturated heterocycles. The quantitative estimate of drug-likeness (QED) is 0.729. The first kappa shape index (κ1) is 11.3. The maximum Gasteiger partial charge on any atom is 0.0456 e. The van der Waals surface area contributed by atoms with Crippen LogP contribution in [-0.2, 0) is 6.42 Å². The van der Waals surface area contributed by atoms with Crippen LogP contribution in [0.4, 0.5) is 0 Å². The Labute approximate surface area is 102 Å². The van der Waals surface area contributed by atoms with Gasteiger partial charge < -0.3 is 4.57 Å². The maximum absolute atomic E-state index is 5.90. The Balaban J connectivity index is 2.55. The minimum absolute atomic E-state index is 0.780. The lowest BCUT2D eigenvalue weighted by molar-refractivity contribution is 0.950. The highest BCUT2D eigenvalue weighted by molar-refractivity contribution is 6.30. The van der Waals surface area contributed by atoms with Crippen molar-refractivity contribution in [2.24, 2.45) is 0 Å². The predicted molar refractivity (Wildman–Crippen MR) is 69.6 cm³/mol. The fourth-order valence-corrected chi connectivity index (χ4v) is 2.30. The average molecular weight is 234 g/mol. The second-order valence-electron chi connectivity index (χ2n) is 4.06. The number of rotatable bonds is 2. The van der Waals surface area contributed by atoms with Crippen molar-refractivity contribution in [1.82, 2.24) is 4.57 Å². The second-order valence-corrected chi connectivity index (χ2v) is 4.50. The Morgan fingerprint density at radius 2 is 1.75 bits per heavy atom. The van der Waals surface area contributed by atoms with Crippen molar-refractivity contribution >= 4 is 11.6 Å². The van der Waals surface area contributed by atoms with E-state index in [0.29, 0.717) is 0 Å². The molecule has 1 aromatic heterocycles. The summed E-state index contributed by atoms with van der Waals surface area (Å²) in [6.07, 6.45) is 1.08. The molecule has 0 fully saturated rings. The number of benzene rings is 1. The molecule has 1 heterocycles. The Morgan fingerprint density at radius 3 is 2.25 bits per heavy atom. The van der Waals surface area contributed by atoms with Gasteiger partial charge in [0, 0.05) is 22.1 Å². The van der Waals surface area contributed by atoms with E-state index in [1.807, 2.05) is 12.1 Å². The molecule has 0 atom stereocenters. The summed E-state index contributed by atoms with van der Waals surface area (Å²) in [5.74, 6) is 0. The summed E-state index contributed by atoms with van der Waals surface area (Å²) >= 11 is 5.90. The third-order valence-electron chi connectivity index (χ3n) is 3.00. The summed E-state index contributed by atoms with van der Waals surface area (Å²) in [6, 6.07) is 10.2. The summed E-state index contributed by atoms with van der Waals surface area (Å²) < 4.78 is 2.27. The zero-order valence-corrected chi connectivity index (χ0v) is 10.7. The molecule has 84 valence electrons. The number of hydrogen-bond donors (Lipinski definition) is 0. The van der Waals surface area contributed by atoms with Crippen molar-refractivity contribution in [1.29, 1.82) is 0 Å². The van der Waals surface area contributed by atoms with Gasteiger partial charge in [-0.3, -0.25) is 0 Å². The summed E-state index contributed by atoms with van der Waals surface area (Å²) in [5.41, 5.74) is 5.19. The predicted octanol–water partition coefficient (Wildman–Crippen LogP) is 4.31. The van der Waals surface area contributed by atoms with Crippen LogP contribution in [0.25, 0.3) is 5.69 Å². The van der Waals surface area contributed by atoms with Gasteiger partial charge in [-0.1, -0.05) is 18.5 Å². The molecular formula is C14H16ClN. The standard InChI is InChI=1S/C14H16ClN/c1-4-12-9-10(2)16(11(12)3)14-7-5-13(15)6-8-14/h5-9H,4H2,1-3H3. The van der Waals surface area contributed by atoms with E-state index in [-0.39, 0.29) is 0 Å². The van der Waals surface area contributed by atoms with Crippen molar-refractivity contribution in [2.45, 2.75) is 27.2 Å². The first-order chi connectivity index (χ1) is 7.63. The van der Waals surface area contributed by atoms with Crippen molar-refractivity contribution in [2.75, 3.05) is 0 Å². The Kier molecular flexibility index (Phi) is 3.06. The van der Waals surface area contributed by atoms with E-state index in [4.69, 9.17) is 11.6 Å². The molecule has 0 radical (unpaired) electrons. The highest BCUT2D eigenvalue weighted by atomic mass is 35.5. The van der Waals surface area contributed by atoms with Crippen molar-refractivity contribution in [3.05, 3.63) is 52.3 Å². The third-order valence-corrected chi connectivity index (χ3v) is 3.25. The highest BCUT2D eigenvalue weighted by Crippen LogP contribution is 2.22. The van der Waals surface area contributed by atoms with E-state index in [2.05, 4.69) is 43.5 Å². The van der Waals surface area contributed by atoms with Gasteiger partial charge in [-0.05, 0) is 56.2 Å². The summed E-state index contributed by atoms with van der Waals surface area (Å²) in [4.78, 5) is 0. The molecule has 0 bridgehead atoms. The number of hydrogen-bond acceptors (Lipinski definition) is 0. The average Bonchev–Trinajstić information content (AvgIpc) is 2.56. The van der Waals surface area contributed by atoms with Gasteiger partial charge in [-0.25, -0.2) is 0 Å². The van der Waals surface area contributed by atoms with Crippen LogP contribution in [0.5, 0.6) is 0 Å². The van der Waals surface area contributed by atoms with E-state index in [0.717, 1.165) is 11.4 Å². The largest absolute Gasteiger partial charge is 0.318 e. The SMILES string of the molecule is CCc1cc(C)n(-c2ccc(Cl)cc2)c1C. The minimum atomic E-state index is 0.780. The topological polar surface area (TPSA) is 4.93 Å². The van der Waals surface area contributed by atoms with Gasteiger partial charge in [0.25, 0.3) is 0 Å². The lowest BCUT2D eigenvalue weighted by Crippen LogP contribution is -1.99. The molecule has 0 spiro atoms. The molecule has 0 saturated carbocycles. The van der Waals surface area contributed by atoms with Crippen LogP contribution < -0.4 is 0 Å².